The maximum Gasteiger partial charge on any atom is 0.228 e. The van der Waals surface area contributed by atoms with Gasteiger partial charge < -0.3 is 20.1 Å². The number of ether oxygens (including phenoxy) is 1. The van der Waals surface area contributed by atoms with E-state index in [-0.39, 0.29) is 17.9 Å². The summed E-state index contributed by atoms with van der Waals surface area (Å²) in [6.07, 6.45) is -0.746. The van der Waals surface area contributed by atoms with Crippen LogP contribution in [0.4, 0.5) is 0 Å². The Morgan fingerprint density at radius 2 is 2.21 bits per heavy atom. The number of rotatable bonds is 2. The maximum absolute atomic E-state index is 11.8. The summed E-state index contributed by atoms with van der Waals surface area (Å²) in [5.41, 5.74) is 0. The van der Waals surface area contributed by atoms with Gasteiger partial charge in [-0.15, -0.1) is 0 Å². The Bertz CT molecular complexity index is 230. The predicted octanol–water partition coefficient (Wildman–Crippen LogP) is -1.58. The first-order valence-electron chi connectivity index (χ1n) is 4.92. The minimum atomic E-state index is -0.531. The van der Waals surface area contributed by atoms with Gasteiger partial charge in [-0.2, -0.15) is 0 Å². The fraction of sp³-hybridized carbons (Fsp3) is 0.889. The van der Waals surface area contributed by atoms with Crippen LogP contribution >= 0.6 is 0 Å². The maximum atomic E-state index is 11.8. The fourth-order valence-electron chi connectivity index (χ4n) is 1.89. The highest BCUT2D eigenvalue weighted by Gasteiger charge is 2.38. The third-order valence-electron chi connectivity index (χ3n) is 2.98. The first kappa shape index (κ1) is 9.89. The monoisotopic (exact) mass is 200 g/mol. The normalized spacial score (nSPS) is 33.1. The van der Waals surface area contributed by atoms with Crippen molar-refractivity contribution in [2.75, 3.05) is 33.3 Å². The second kappa shape index (κ2) is 3.84. The van der Waals surface area contributed by atoms with Crippen LogP contribution < -0.4 is 5.32 Å². The van der Waals surface area contributed by atoms with Crippen molar-refractivity contribution < 1.29 is 14.6 Å². The zero-order valence-corrected chi connectivity index (χ0v) is 8.27. The molecule has 0 bridgehead atoms. The Morgan fingerprint density at radius 1 is 1.50 bits per heavy atom. The number of carbonyl (C=O) groups excluding carboxylic acids is 1. The lowest BCUT2D eigenvalue weighted by Crippen LogP contribution is -2.51. The SMILES string of the molecule is CO[C@@H]1CN(C(=O)C2CNC2)C[C@@H]1O. The molecule has 2 saturated heterocycles. The summed E-state index contributed by atoms with van der Waals surface area (Å²) < 4.78 is 5.08. The standard InChI is InChI=1S/C9H16N2O3/c1-14-8-5-11(4-7(8)12)9(13)6-2-10-3-6/h6-8,10,12H,2-5H2,1H3/t7-,8+/m0/s1. The van der Waals surface area contributed by atoms with Gasteiger partial charge >= 0.3 is 0 Å². The Kier molecular flexibility index (Phi) is 2.71. The second-order valence-corrected chi connectivity index (χ2v) is 3.94. The van der Waals surface area contributed by atoms with Gasteiger partial charge in [0, 0.05) is 33.3 Å². The number of nitrogens with one attached hydrogen (secondary N) is 1. The molecule has 14 heavy (non-hydrogen) atoms. The average Bonchev–Trinajstić information content (AvgIpc) is 2.43. The molecule has 0 aromatic heterocycles. The molecule has 2 fully saturated rings. The van der Waals surface area contributed by atoms with Gasteiger partial charge in [-0.1, -0.05) is 0 Å². The molecule has 0 aromatic rings. The van der Waals surface area contributed by atoms with Crippen molar-refractivity contribution in [2.45, 2.75) is 12.2 Å². The average molecular weight is 200 g/mol. The second-order valence-electron chi connectivity index (χ2n) is 3.94. The molecule has 2 aliphatic heterocycles. The Hall–Kier alpha value is -0.650. The van der Waals surface area contributed by atoms with Crippen LogP contribution in [0.3, 0.4) is 0 Å². The van der Waals surface area contributed by atoms with E-state index in [2.05, 4.69) is 5.32 Å². The molecule has 0 spiro atoms. The van der Waals surface area contributed by atoms with E-state index < -0.39 is 6.10 Å². The first-order chi connectivity index (χ1) is 6.72. The van der Waals surface area contributed by atoms with Crippen molar-refractivity contribution in [1.82, 2.24) is 10.2 Å². The lowest BCUT2D eigenvalue weighted by Gasteiger charge is -2.30. The molecule has 2 aliphatic rings. The summed E-state index contributed by atoms with van der Waals surface area (Å²) in [5.74, 6) is 0.250. The number of carbonyl (C=O) groups is 1. The molecule has 0 aliphatic carbocycles. The van der Waals surface area contributed by atoms with Gasteiger partial charge in [0.05, 0.1) is 12.0 Å². The topological polar surface area (TPSA) is 61.8 Å². The van der Waals surface area contributed by atoms with Crippen molar-refractivity contribution in [3.8, 4) is 0 Å². The van der Waals surface area contributed by atoms with Crippen LogP contribution in [-0.4, -0.2) is 61.4 Å². The molecule has 0 radical (unpaired) electrons. The zero-order valence-electron chi connectivity index (χ0n) is 8.27. The number of nitrogens with zero attached hydrogens (tertiary/aromatic N) is 1. The van der Waals surface area contributed by atoms with Crippen molar-refractivity contribution in [1.29, 1.82) is 0 Å². The molecule has 0 aromatic carbocycles. The molecule has 0 saturated carbocycles. The van der Waals surface area contributed by atoms with Crippen molar-refractivity contribution in [3.05, 3.63) is 0 Å². The number of amides is 1. The minimum absolute atomic E-state index is 0.109. The van der Waals surface area contributed by atoms with E-state index in [4.69, 9.17) is 4.74 Å². The minimum Gasteiger partial charge on any atom is -0.388 e. The van der Waals surface area contributed by atoms with Gasteiger partial charge in [0.2, 0.25) is 5.91 Å². The fourth-order valence-corrected chi connectivity index (χ4v) is 1.89. The summed E-state index contributed by atoms with van der Waals surface area (Å²) in [6.45, 7) is 2.47. The van der Waals surface area contributed by atoms with Crippen LogP contribution in [0.25, 0.3) is 0 Å². The number of methoxy groups -OCH3 is 1. The number of hydrogen-bond acceptors (Lipinski definition) is 4. The van der Waals surface area contributed by atoms with E-state index in [1.807, 2.05) is 0 Å². The van der Waals surface area contributed by atoms with Crippen LogP contribution in [0.2, 0.25) is 0 Å². The summed E-state index contributed by atoms with van der Waals surface area (Å²) >= 11 is 0. The van der Waals surface area contributed by atoms with Crippen molar-refractivity contribution >= 4 is 5.91 Å². The van der Waals surface area contributed by atoms with Gasteiger partial charge in [0.1, 0.15) is 6.10 Å². The van der Waals surface area contributed by atoms with Gasteiger partial charge in [-0.25, -0.2) is 0 Å². The molecule has 2 rings (SSSR count). The highest BCUT2D eigenvalue weighted by atomic mass is 16.5. The van der Waals surface area contributed by atoms with Crippen molar-refractivity contribution in [3.63, 3.8) is 0 Å². The first-order valence-corrected chi connectivity index (χ1v) is 4.92. The van der Waals surface area contributed by atoms with Crippen LogP contribution in [-0.2, 0) is 9.53 Å². The van der Waals surface area contributed by atoms with Gasteiger partial charge in [-0.3, -0.25) is 4.79 Å². The smallest absolute Gasteiger partial charge is 0.228 e. The summed E-state index contributed by atoms with van der Waals surface area (Å²) in [5, 5.41) is 12.6. The molecule has 1 amide bonds. The molecule has 5 nitrogen and oxygen atoms in total. The van der Waals surface area contributed by atoms with Gasteiger partial charge in [-0.05, 0) is 0 Å². The quantitative estimate of drug-likeness (QED) is 0.565. The molecule has 2 heterocycles. The summed E-state index contributed by atoms with van der Waals surface area (Å²) in [7, 11) is 1.56. The molecular weight excluding hydrogens is 184 g/mol. The Morgan fingerprint density at radius 3 is 2.64 bits per heavy atom. The molecule has 2 atom stereocenters. The number of likely N-dealkylation sites (tertiary alicyclic amines) is 1. The van der Waals surface area contributed by atoms with E-state index in [0.717, 1.165) is 13.1 Å². The largest absolute Gasteiger partial charge is 0.388 e. The predicted molar refractivity (Wildman–Crippen MR) is 49.7 cm³/mol. The van der Waals surface area contributed by atoms with E-state index in [9.17, 15) is 9.90 Å². The van der Waals surface area contributed by atoms with Crippen LogP contribution in [0.1, 0.15) is 0 Å². The summed E-state index contributed by atoms with van der Waals surface area (Å²) in [6, 6.07) is 0. The zero-order chi connectivity index (χ0) is 10.1. The third-order valence-corrected chi connectivity index (χ3v) is 2.98. The molecule has 2 N–H and O–H groups in total. The summed E-state index contributed by atoms with van der Waals surface area (Å²) in [4.78, 5) is 13.5. The van der Waals surface area contributed by atoms with Gasteiger partial charge in [0.15, 0.2) is 0 Å². The van der Waals surface area contributed by atoms with Crippen LogP contribution in [0.5, 0.6) is 0 Å². The molecule has 0 unspecified atom stereocenters. The van der Waals surface area contributed by atoms with E-state index >= 15 is 0 Å². The van der Waals surface area contributed by atoms with E-state index in [1.54, 1.807) is 12.0 Å². The Labute approximate surface area is 83.0 Å². The highest BCUT2D eigenvalue weighted by Crippen LogP contribution is 2.17. The van der Waals surface area contributed by atoms with E-state index in [0.29, 0.717) is 13.1 Å². The lowest BCUT2D eigenvalue weighted by molar-refractivity contribution is -0.136. The van der Waals surface area contributed by atoms with Crippen LogP contribution in [0.15, 0.2) is 0 Å². The number of hydrogen-bond donors (Lipinski definition) is 2. The van der Waals surface area contributed by atoms with Crippen molar-refractivity contribution in [2.24, 2.45) is 5.92 Å². The Balaban J connectivity index is 1.90. The van der Waals surface area contributed by atoms with Gasteiger partial charge in [0.25, 0.3) is 0 Å². The highest BCUT2D eigenvalue weighted by molar-refractivity contribution is 5.80. The molecule has 5 heteroatoms. The van der Waals surface area contributed by atoms with Crippen LogP contribution in [0, 0.1) is 5.92 Å². The number of aliphatic hydroxyl groups is 1. The molecule has 80 valence electrons. The third kappa shape index (κ3) is 1.63. The van der Waals surface area contributed by atoms with E-state index in [1.165, 1.54) is 0 Å². The molecular formula is C9H16N2O3. The number of aliphatic hydroxyl groups excluding tert-OH is 1. The number of β-amino-alcohol motifs (C(OH)–C–C–N with tert-alkyl or cyclic N) is 1. The lowest BCUT2D eigenvalue weighted by atomic mass is 10.0.